The molecule has 0 aliphatic heterocycles. The van der Waals surface area contributed by atoms with Crippen LogP contribution in [0.3, 0.4) is 0 Å². The van der Waals surface area contributed by atoms with Crippen molar-refractivity contribution < 1.29 is 24.3 Å². The molecule has 0 aliphatic rings. The fourth-order valence-electron chi connectivity index (χ4n) is 6.24. The zero-order valence-corrected chi connectivity index (χ0v) is 34.6. The van der Waals surface area contributed by atoms with Gasteiger partial charge in [0.1, 0.15) is 0 Å². The third kappa shape index (κ3) is 11.7. The summed E-state index contributed by atoms with van der Waals surface area (Å²) in [5.41, 5.74) is 11.1. The molecular weight excluding hydrogens is 765 g/mol. The summed E-state index contributed by atoms with van der Waals surface area (Å²) in [6.07, 6.45) is 6.74. The summed E-state index contributed by atoms with van der Waals surface area (Å²) >= 11 is 0. The summed E-state index contributed by atoms with van der Waals surface area (Å²) in [4.78, 5) is 64.5. The molecule has 3 amide bonds. The molecule has 7 aromatic rings. The number of rotatable bonds is 11. The molecule has 0 bridgehead atoms. The van der Waals surface area contributed by atoms with Crippen molar-refractivity contribution in [3.8, 4) is 22.3 Å². The summed E-state index contributed by atoms with van der Waals surface area (Å²) in [6.45, 7) is 8.49. The quantitative estimate of drug-likeness (QED) is 0.117. The van der Waals surface area contributed by atoms with Gasteiger partial charge in [-0.3, -0.25) is 29.3 Å². The van der Waals surface area contributed by atoms with Crippen LogP contribution in [0.4, 0.5) is 5.69 Å². The number of aromatic carboxylic acids is 1. The van der Waals surface area contributed by atoms with Crippen LogP contribution < -0.4 is 15.5 Å². The maximum atomic E-state index is 13.3. The Kier molecular flexibility index (Phi) is 13.9. The van der Waals surface area contributed by atoms with Crippen LogP contribution >= 0.6 is 0 Å². The number of aryl methyl sites for hydroxylation is 4. The second kappa shape index (κ2) is 19.8. The SMILES string of the molecule is Cc1ccc(-c2cc(C(=O)NCc3ccc(C)nc3)cc(C(=O)N(C)c3ccncc3)c2)cc1.Cc1ccc(-c2cc(C(=O)O)cc(C(=O)NCc3ccc(C)nc3)c2)cc1. The zero-order valence-electron chi connectivity index (χ0n) is 34.6. The molecular formula is C50H46N6O5. The number of nitrogens with zero attached hydrogens (tertiary/aromatic N) is 4. The first-order valence-electron chi connectivity index (χ1n) is 19.6. The normalized spacial score (nSPS) is 10.5. The van der Waals surface area contributed by atoms with E-state index in [2.05, 4.69) is 25.6 Å². The van der Waals surface area contributed by atoms with Gasteiger partial charge in [-0.15, -0.1) is 0 Å². The molecule has 3 aromatic heterocycles. The van der Waals surface area contributed by atoms with Gasteiger partial charge in [-0.1, -0.05) is 71.8 Å². The molecule has 0 atom stereocenters. The van der Waals surface area contributed by atoms with Gasteiger partial charge in [0.25, 0.3) is 17.7 Å². The Labute approximate surface area is 355 Å². The number of aromatic nitrogens is 3. The predicted molar refractivity (Wildman–Crippen MR) is 237 cm³/mol. The molecule has 0 radical (unpaired) electrons. The fourth-order valence-corrected chi connectivity index (χ4v) is 6.24. The van der Waals surface area contributed by atoms with Crippen molar-refractivity contribution in [3.63, 3.8) is 0 Å². The van der Waals surface area contributed by atoms with Crippen LogP contribution in [0.15, 0.2) is 146 Å². The van der Waals surface area contributed by atoms with E-state index in [-0.39, 0.29) is 23.3 Å². The number of pyridine rings is 3. The van der Waals surface area contributed by atoms with Crippen molar-refractivity contribution in [1.82, 2.24) is 25.6 Å². The summed E-state index contributed by atoms with van der Waals surface area (Å²) in [7, 11) is 1.71. The van der Waals surface area contributed by atoms with Crippen LogP contribution in [0.5, 0.6) is 0 Å². The van der Waals surface area contributed by atoms with Gasteiger partial charge in [-0.2, -0.15) is 0 Å². The molecule has 4 aromatic carbocycles. The monoisotopic (exact) mass is 810 g/mol. The summed E-state index contributed by atoms with van der Waals surface area (Å²) in [5, 5.41) is 15.2. The van der Waals surface area contributed by atoms with Crippen LogP contribution in [0.2, 0.25) is 0 Å². The molecule has 0 saturated heterocycles. The van der Waals surface area contributed by atoms with Crippen LogP contribution in [0.25, 0.3) is 22.3 Å². The largest absolute Gasteiger partial charge is 0.478 e. The highest BCUT2D eigenvalue weighted by Gasteiger charge is 2.19. The van der Waals surface area contributed by atoms with Gasteiger partial charge in [0.2, 0.25) is 0 Å². The smallest absolute Gasteiger partial charge is 0.335 e. The van der Waals surface area contributed by atoms with E-state index in [1.54, 1.807) is 67.1 Å². The lowest BCUT2D eigenvalue weighted by molar-refractivity contribution is 0.0696. The molecule has 3 heterocycles. The topological polar surface area (TPSA) is 154 Å². The Balaban J connectivity index is 0.000000210. The van der Waals surface area contributed by atoms with E-state index in [1.165, 1.54) is 6.07 Å². The minimum Gasteiger partial charge on any atom is -0.478 e. The zero-order chi connectivity index (χ0) is 43.5. The number of anilines is 1. The maximum absolute atomic E-state index is 13.3. The van der Waals surface area contributed by atoms with Crippen LogP contribution in [0, 0.1) is 27.7 Å². The molecule has 0 saturated carbocycles. The molecule has 11 nitrogen and oxygen atoms in total. The fraction of sp³-hybridized carbons (Fsp3) is 0.140. The highest BCUT2D eigenvalue weighted by Crippen LogP contribution is 2.26. The minimum absolute atomic E-state index is 0.0789. The molecule has 3 N–H and O–H groups in total. The van der Waals surface area contributed by atoms with Crippen molar-refractivity contribution in [1.29, 1.82) is 0 Å². The second-order valence-corrected chi connectivity index (χ2v) is 14.7. The van der Waals surface area contributed by atoms with Gasteiger partial charge < -0.3 is 20.6 Å². The summed E-state index contributed by atoms with van der Waals surface area (Å²) in [6, 6.07) is 36.8. The standard InChI is InChI=1S/C28H26N4O2.C22H20N2O3/c1-19-4-8-22(9-5-19)23-14-24(27(33)31-18-21-7-6-20(2)30-17-21)16-25(15-23)28(34)32(3)26-10-12-29-13-11-26;1-14-3-7-17(8-4-14)18-9-19(11-20(10-18)22(26)27)21(25)24-13-16-6-5-15(2)23-12-16/h4-17H,18H2,1-3H3,(H,31,33);3-12H,13H2,1-2H3,(H,24,25)(H,26,27). The number of benzene rings is 4. The molecule has 0 aliphatic carbocycles. The molecule has 0 unspecified atom stereocenters. The van der Waals surface area contributed by atoms with Crippen molar-refractivity contribution in [3.05, 3.63) is 202 Å². The van der Waals surface area contributed by atoms with Gasteiger partial charge in [0.05, 0.1) is 5.56 Å². The second-order valence-electron chi connectivity index (χ2n) is 14.7. The van der Waals surface area contributed by atoms with Gasteiger partial charge in [-0.05, 0) is 122 Å². The molecule has 61 heavy (non-hydrogen) atoms. The number of carboxylic acids is 1. The lowest BCUT2D eigenvalue weighted by atomic mass is 9.98. The average molecular weight is 811 g/mol. The summed E-state index contributed by atoms with van der Waals surface area (Å²) in [5.74, 6) is -1.86. The van der Waals surface area contributed by atoms with Gasteiger partial charge in [-0.25, -0.2) is 4.79 Å². The van der Waals surface area contributed by atoms with E-state index < -0.39 is 5.97 Å². The molecule has 11 heteroatoms. The highest BCUT2D eigenvalue weighted by atomic mass is 16.4. The predicted octanol–water partition coefficient (Wildman–Crippen LogP) is 8.96. The first-order chi connectivity index (χ1) is 29.3. The number of hydrogen-bond donors (Lipinski definition) is 3. The maximum Gasteiger partial charge on any atom is 0.335 e. The van der Waals surface area contributed by atoms with Crippen molar-refractivity contribution in [2.75, 3.05) is 11.9 Å². The lowest BCUT2D eigenvalue weighted by Gasteiger charge is -2.18. The van der Waals surface area contributed by atoms with Gasteiger partial charge >= 0.3 is 5.97 Å². The Morgan fingerprint density at radius 1 is 0.525 bits per heavy atom. The average Bonchev–Trinajstić information content (AvgIpc) is 3.28. The van der Waals surface area contributed by atoms with E-state index in [4.69, 9.17) is 0 Å². The number of carbonyl (C=O) groups excluding carboxylic acids is 3. The van der Waals surface area contributed by atoms with Crippen molar-refractivity contribution in [2.24, 2.45) is 0 Å². The Morgan fingerprint density at radius 2 is 0.951 bits per heavy atom. The third-order valence-electron chi connectivity index (χ3n) is 9.86. The van der Waals surface area contributed by atoms with E-state index >= 15 is 0 Å². The minimum atomic E-state index is -1.07. The first-order valence-corrected chi connectivity index (χ1v) is 19.6. The Morgan fingerprint density at radius 3 is 1.38 bits per heavy atom. The molecule has 7 rings (SSSR count). The van der Waals surface area contributed by atoms with Crippen LogP contribution in [-0.2, 0) is 13.1 Å². The highest BCUT2D eigenvalue weighted by molar-refractivity contribution is 6.08. The lowest BCUT2D eigenvalue weighted by Crippen LogP contribution is -2.27. The first kappa shape index (κ1) is 42.8. The summed E-state index contributed by atoms with van der Waals surface area (Å²) < 4.78 is 0. The number of carboxylic acid groups (broad SMARTS) is 1. The van der Waals surface area contributed by atoms with Gasteiger partial charge in [0, 0.05) is 78.7 Å². The molecule has 0 spiro atoms. The van der Waals surface area contributed by atoms with Crippen molar-refractivity contribution in [2.45, 2.75) is 40.8 Å². The number of amides is 3. The van der Waals surface area contributed by atoms with E-state index in [1.807, 2.05) is 113 Å². The van der Waals surface area contributed by atoms with E-state index in [0.717, 1.165) is 56.0 Å². The molecule has 0 fully saturated rings. The Bertz CT molecular complexity index is 2650. The van der Waals surface area contributed by atoms with Crippen LogP contribution in [-0.4, -0.2) is 50.8 Å². The Hall–Kier alpha value is -7.79. The number of carbonyl (C=O) groups is 4. The van der Waals surface area contributed by atoms with Gasteiger partial charge in [0.15, 0.2) is 0 Å². The number of hydrogen-bond acceptors (Lipinski definition) is 7. The number of nitrogens with one attached hydrogen (secondary N) is 2. The van der Waals surface area contributed by atoms with E-state index in [0.29, 0.717) is 35.3 Å². The van der Waals surface area contributed by atoms with E-state index in [9.17, 15) is 24.3 Å². The van der Waals surface area contributed by atoms with Crippen LogP contribution in [0.1, 0.15) is 75.1 Å². The third-order valence-corrected chi connectivity index (χ3v) is 9.86. The molecule has 306 valence electrons. The van der Waals surface area contributed by atoms with Crippen molar-refractivity contribution >= 4 is 29.4 Å².